The van der Waals surface area contributed by atoms with E-state index in [9.17, 15) is 4.79 Å². The van der Waals surface area contributed by atoms with Crippen molar-refractivity contribution in [2.75, 3.05) is 38.2 Å². The summed E-state index contributed by atoms with van der Waals surface area (Å²) in [7, 11) is 0. The van der Waals surface area contributed by atoms with E-state index in [0.29, 0.717) is 11.3 Å². The number of carbonyl (C=O) groups is 2. The number of hydrogen-bond donors (Lipinski definition) is 2. The minimum Gasteiger partial charge on any atom is -0.336 e. The lowest BCUT2D eigenvalue weighted by Gasteiger charge is -2.34. The number of hydrogen-bond acceptors (Lipinski definition) is 5. The Balaban J connectivity index is 0.000000254. The van der Waals surface area contributed by atoms with E-state index in [2.05, 4.69) is 54.2 Å². The van der Waals surface area contributed by atoms with Crippen molar-refractivity contribution < 1.29 is 14.8 Å². The molecule has 2 N–H and O–H groups in total. The second-order valence-electron chi connectivity index (χ2n) is 9.51. The number of benzene rings is 2. The van der Waals surface area contributed by atoms with Gasteiger partial charge in [0.25, 0.3) is 5.91 Å². The number of carbonyl (C=O) groups excluding carboxylic acids is 2. The van der Waals surface area contributed by atoms with Gasteiger partial charge in [-0.3, -0.25) is 20.4 Å². The van der Waals surface area contributed by atoms with Gasteiger partial charge in [0.05, 0.1) is 5.69 Å². The summed E-state index contributed by atoms with van der Waals surface area (Å²) in [5, 5.41) is 11.2. The monoisotopic (exact) mass is 505 g/mol. The van der Waals surface area contributed by atoms with Gasteiger partial charge >= 0.3 is 0 Å². The molecule has 2 aromatic rings. The van der Waals surface area contributed by atoms with E-state index in [-0.39, 0.29) is 5.91 Å². The van der Waals surface area contributed by atoms with E-state index in [1.165, 1.54) is 48.2 Å². The zero-order valence-electron chi connectivity index (χ0n) is 22.5. The van der Waals surface area contributed by atoms with E-state index in [1.807, 2.05) is 24.7 Å². The molecule has 1 saturated carbocycles. The van der Waals surface area contributed by atoms with Crippen molar-refractivity contribution in [3.05, 3.63) is 76.2 Å². The van der Waals surface area contributed by atoms with Crippen LogP contribution in [0.4, 0.5) is 5.69 Å². The van der Waals surface area contributed by atoms with Gasteiger partial charge in [-0.1, -0.05) is 56.4 Å². The highest BCUT2D eigenvalue weighted by atomic mass is 16.5. The third-order valence-corrected chi connectivity index (χ3v) is 6.71. The first-order valence-electron chi connectivity index (χ1n) is 13.3. The van der Waals surface area contributed by atoms with Gasteiger partial charge in [-0.2, -0.15) is 0 Å². The second kappa shape index (κ2) is 16.5. The number of amides is 1. The molecule has 6 heteroatoms. The number of rotatable bonds is 8. The fraction of sp³-hybridized carbons (Fsp3) is 0.419. The lowest BCUT2D eigenvalue weighted by molar-refractivity contribution is -0.0980. The molecule has 0 spiro atoms. The molecule has 2 aliphatic rings. The largest absolute Gasteiger partial charge is 0.336 e. The number of nitrogens with one attached hydrogen (secondary N) is 1. The van der Waals surface area contributed by atoms with Crippen molar-refractivity contribution >= 4 is 31.0 Å². The maximum atomic E-state index is 12.4. The number of anilines is 1. The Labute approximate surface area is 221 Å². The number of unbranched alkanes of at least 4 members (excludes halogenated alkanes) is 1. The molecule has 2 aromatic carbocycles. The normalized spacial score (nSPS) is 16.0. The molecule has 4 rings (SSSR count). The molecule has 1 amide bonds. The second-order valence-corrected chi connectivity index (χ2v) is 9.51. The van der Waals surface area contributed by atoms with Crippen LogP contribution in [0.15, 0.2) is 54.6 Å². The van der Waals surface area contributed by atoms with E-state index >= 15 is 0 Å². The Hall–Kier alpha value is -3.22. The van der Waals surface area contributed by atoms with Crippen LogP contribution in [-0.2, 0) is 11.2 Å². The molecule has 0 atom stereocenters. The molecule has 0 unspecified atom stereocenters. The average Bonchev–Trinajstić information content (AvgIpc) is 3.77. The maximum Gasteiger partial charge on any atom is 0.253 e. The van der Waals surface area contributed by atoms with E-state index in [1.54, 1.807) is 24.3 Å². The summed E-state index contributed by atoms with van der Waals surface area (Å²) in [6, 6.07) is 13.3. The first kappa shape index (κ1) is 30.0. The number of allylic oxidation sites excluding steroid dienone is 2. The minimum atomic E-state index is 0.0839. The van der Waals surface area contributed by atoms with Crippen LogP contribution in [0.25, 0.3) is 12.7 Å². The molecule has 1 aliphatic carbocycles. The molecular formula is C31H43N3O3. The minimum absolute atomic E-state index is 0.0839. The van der Waals surface area contributed by atoms with E-state index < -0.39 is 0 Å². The highest BCUT2D eigenvalue weighted by Gasteiger charge is 2.27. The van der Waals surface area contributed by atoms with E-state index in [4.69, 9.17) is 10.0 Å². The molecule has 1 saturated heterocycles. The zero-order valence-corrected chi connectivity index (χ0v) is 22.5. The first-order valence-corrected chi connectivity index (χ1v) is 13.3. The third kappa shape index (κ3) is 9.98. The Kier molecular flexibility index (Phi) is 13.4. The third-order valence-electron chi connectivity index (χ3n) is 6.71. The molecule has 200 valence electrons. The quantitative estimate of drug-likeness (QED) is 0.525. The van der Waals surface area contributed by atoms with Crippen LogP contribution in [0, 0.1) is 5.92 Å². The van der Waals surface area contributed by atoms with Gasteiger partial charge in [-0.05, 0) is 78.8 Å². The Bertz CT molecular complexity index is 1090. The van der Waals surface area contributed by atoms with E-state index in [0.717, 1.165) is 38.5 Å². The average molecular weight is 506 g/mol. The molecule has 37 heavy (non-hydrogen) atoms. The van der Waals surface area contributed by atoms with Gasteiger partial charge in [0.2, 0.25) is 0 Å². The van der Waals surface area contributed by atoms with Crippen LogP contribution in [-0.4, -0.2) is 60.4 Å². The van der Waals surface area contributed by atoms with Crippen molar-refractivity contribution in [1.82, 2.24) is 9.80 Å². The lowest BCUT2D eigenvalue weighted by Crippen LogP contribution is -2.49. The van der Waals surface area contributed by atoms with Crippen molar-refractivity contribution in [3.63, 3.8) is 0 Å². The van der Waals surface area contributed by atoms with Crippen molar-refractivity contribution in [3.8, 4) is 0 Å². The van der Waals surface area contributed by atoms with Crippen LogP contribution >= 0.6 is 0 Å². The molecule has 6 nitrogen and oxygen atoms in total. The van der Waals surface area contributed by atoms with Gasteiger partial charge < -0.3 is 9.69 Å². The van der Waals surface area contributed by atoms with Crippen LogP contribution in [0.5, 0.6) is 0 Å². The first-order chi connectivity index (χ1) is 18.0. The zero-order chi connectivity index (χ0) is 27.0. The van der Waals surface area contributed by atoms with Crippen molar-refractivity contribution in [1.29, 1.82) is 0 Å². The summed E-state index contributed by atoms with van der Waals surface area (Å²) >= 11 is 0. The number of aryl methyl sites for hydroxylation is 1. The van der Waals surface area contributed by atoms with Crippen molar-refractivity contribution in [2.45, 2.75) is 46.0 Å². The molecule has 0 bridgehead atoms. The van der Waals surface area contributed by atoms with Crippen molar-refractivity contribution in [2.24, 2.45) is 5.92 Å². The van der Waals surface area contributed by atoms with Crippen LogP contribution in [0.1, 0.15) is 55.5 Å². The summed E-state index contributed by atoms with van der Waals surface area (Å²) in [4.78, 5) is 24.8. The summed E-state index contributed by atoms with van der Waals surface area (Å²) in [6.45, 7) is 15.2. The molecule has 0 radical (unpaired) electrons. The fourth-order valence-electron chi connectivity index (χ4n) is 4.28. The van der Waals surface area contributed by atoms with Gasteiger partial charge in [0.15, 0.2) is 0 Å². The summed E-state index contributed by atoms with van der Waals surface area (Å²) in [5.41, 5.74) is 4.73. The topological polar surface area (TPSA) is 72.9 Å². The Morgan fingerprint density at radius 3 is 2.32 bits per heavy atom. The molecule has 2 fully saturated rings. The fourth-order valence-corrected chi connectivity index (χ4v) is 4.28. The Morgan fingerprint density at radius 2 is 1.76 bits per heavy atom. The molecular weight excluding hydrogens is 462 g/mol. The van der Waals surface area contributed by atoms with Crippen LogP contribution in [0.3, 0.4) is 0 Å². The van der Waals surface area contributed by atoms with Crippen LogP contribution in [0.2, 0.25) is 0 Å². The van der Waals surface area contributed by atoms with Gasteiger partial charge in [-0.25, -0.2) is 0 Å². The number of piperazine rings is 1. The predicted octanol–water partition coefficient (Wildman–Crippen LogP) is 4.27. The highest BCUT2D eigenvalue weighted by molar-refractivity contribution is 5.94. The highest BCUT2D eigenvalue weighted by Crippen LogP contribution is 2.30. The maximum absolute atomic E-state index is 12.4. The predicted molar refractivity (Wildman–Crippen MR) is 153 cm³/mol. The standard InChI is InChI=1S/C15H21N3O2.C15H20.CH2O/c19-15(13-3-5-14(16-20)6-4-13)18-9-7-17(8-10-18)11-12-1-2-12;1-4-6-9-14-11-8-12-15(13(14)3)10-7-5-2;1-2/h3-6,12,16,20H,1-2,7-11H2;4,6,8-9,11-12H,3,5,7,10H2,1-2H3;1H2/b;6-4-,14-9-;. The van der Waals surface area contributed by atoms with Gasteiger partial charge in [-0.15, -0.1) is 0 Å². The summed E-state index contributed by atoms with van der Waals surface area (Å²) < 4.78 is 0. The SMILES string of the molecule is C=O.C=c1c(CCCC)ccc/c1=C/C=C\C.O=C(c1ccc(NO)cc1)N1CCN(CC2CC2)CC1. The molecule has 1 heterocycles. The van der Waals surface area contributed by atoms with Gasteiger partial charge in [0.1, 0.15) is 6.79 Å². The summed E-state index contributed by atoms with van der Waals surface area (Å²) in [6.07, 6.45) is 12.6. The molecule has 0 aromatic heterocycles. The Morgan fingerprint density at radius 1 is 1.08 bits per heavy atom. The van der Waals surface area contributed by atoms with Crippen LogP contribution < -0.4 is 15.9 Å². The smallest absolute Gasteiger partial charge is 0.253 e. The summed E-state index contributed by atoms with van der Waals surface area (Å²) in [5.74, 6) is 0.997. The molecule has 1 aliphatic heterocycles. The number of nitrogens with zero attached hydrogens (tertiary/aromatic N) is 2. The lowest BCUT2D eigenvalue weighted by atomic mass is 10.0. The van der Waals surface area contributed by atoms with Gasteiger partial charge in [0, 0.05) is 38.3 Å².